The first-order valence-corrected chi connectivity index (χ1v) is 19.1. The molecule has 3 fully saturated rings. The Hall–Kier alpha value is -4.47. The van der Waals surface area contributed by atoms with Crippen LogP contribution in [-0.4, -0.2) is 87.0 Å². The number of aromatic nitrogens is 2. The third kappa shape index (κ3) is 7.06. The normalized spacial score (nSPS) is 30.6. The summed E-state index contributed by atoms with van der Waals surface area (Å²) in [7, 11) is -4.01. The van der Waals surface area contributed by atoms with Crippen molar-refractivity contribution < 1.29 is 37.4 Å². The molecule has 0 spiro atoms. The summed E-state index contributed by atoms with van der Waals surface area (Å²) < 4.78 is 35.0. The number of carbonyl (C=O) groups excluding carboxylic acids is 3. The number of rotatable bonds is 7. The number of sulfonamides is 1. The van der Waals surface area contributed by atoms with Gasteiger partial charge in [-0.05, 0) is 76.3 Å². The molecule has 4 N–H and O–H groups in total. The SMILES string of the molecule is CCn1nc(O[C@@H]2C[C@H]3C(=O)N[C@]4(C(=O)NS(=O)(=O)C5(C)CC5)C[C@H]4C=CCC[C@H](C)C[C@@H](C)[C@H](NC(=O)O)C(=O)N3C2)c2ccccc2c1=O. The molecule has 1 aromatic carbocycles. The number of nitrogens with one attached hydrogen (secondary N) is 3. The Morgan fingerprint density at radius 1 is 1.12 bits per heavy atom. The minimum atomic E-state index is -4.01. The number of hydrogen-bond acceptors (Lipinski definition) is 9. The molecule has 3 heterocycles. The quantitative estimate of drug-likeness (QED) is 0.306. The standard InChI is InChI=1S/C35H46N6O9S/c1-5-41-30(43)25-13-9-8-12-24(25)29(38-41)50-23-17-26-28(42)37-35(32(45)39-51(48,49)34(4)14-15-34)18-22(35)11-7-6-10-20(2)16-21(3)27(36-33(46)47)31(44)40(26)19-23/h7-9,11-13,20-23,26-27,36H,5-6,10,14-19H2,1-4H3,(H,37,42)(H,39,45)(H,46,47)/t20-,21+,22+,23+,26-,27-,35+/m0/s1. The van der Waals surface area contributed by atoms with E-state index >= 15 is 0 Å². The lowest BCUT2D eigenvalue weighted by atomic mass is 9.88. The van der Waals surface area contributed by atoms with Crippen molar-refractivity contribution in [2.45, 2.75) is 108 Å². The average Bonchev–Trinajstić information content (AvgIpc) is 3.96. The Balaban J connectivity index is 1.36. The zero-order chi connectivity index (χ0) is 36.9. The summed E-state index contributed by atoms with van der Waals surface area (Å²) in [6, 6.07) is 4.43. The summed E-state index contributed by atoms with van der Waals surface area (Å²) in [4.78, 5) is 68.7. The van der Waals surface area contributed by atoms with E-state index < -0.39 is 74.1 Å². The van der Waals surface area contributed by atoms with Crippen LogP contribution < -0.4 is 25.7 Å². The summed E-state index contributed by atoms with van der Waals surface area (Å²) >= 11 is 0. The molecule has 2 aliphatic carbocycles. The van der Waals surface area contributed by atoms with E-state index in [1.165, 1.54) is 9.58 Å². The molecular formula is C35H46N6O9S. The third-order valence-electron chi connectivity index (χ3n) is 10.9. The first kappa shape index (κ1) is 36.3. The first-order chi connectivity index (χ1) is 24.1. The molecule has 2 aromatic rings. The summed E-state index contributed by atoms with van der Waals surface area (Å²) in [6.45, 7) is 7.30. The Morgan fingerprint density at radius 3 is 2.49 bits per heavy atom. The van der Waals surface area contributed by atoms with E-state index in [-0.39, 0.29) is 43.3 Å². The van der Waals surface area contributed by atoms with E-state index in [0.29, 0.717) is 36.5 Å². The lowest BCUT2D eigenvalue weighted by Gasteiger charge is -2.32. The Morgan fingerprint density at radius 2 is 1.82 bits per heavy atom. The fraction of sp³-hybridized carbons (Fsp3) is 0.600. The number of benzene rings is 1. The van der Waals surface area contributed by atoms with Crippen molar-refractivity contribution in [3.8, 4) is 5.88 Å². The lowest BCUT2D eigenvalue weighted by molar-refractivity contribution is -0.142. The van der Waals surface area contributed by atoms with Crippen molar-refractivity contribution in [3.63, 3.8) is 0 Å². The molecule has 0 bridgehead atoms. The summed E-state index contributed by atoms with van der Waals surface area (Å²) in [6.07, 6.45) is 4.40. The van der Waals surface area contributed by atoms with Crippen LogP contribution in [0.5, 0.6) is 5.88 Å². The molecule has 7 atom stereocenters. The summed E-state index contributed by atoms with van der Waals surface area (Å²) in [5, 5.41) is 20.2. The predicted octanol–water partition coefficient (Wildman–Crippen LogP) is 2.29. The largest absolute Gasteiger partial charge is 0.471 e. The van der Waals surface area contributed by atoms with Gasteiger partial charge in [0.15, 0.2) is 0 Å². The maximum absolute atomic E-state index is 14.4. The highest BCUT2D eigenvalue weighted by molar-refractivity contribution is 7.91. The van der Waals surface area contributed by atoms with Crippen molar-refractivity contribution in [1.29, 1.82) is 0 Å². The molecule has 276 valence electrons. The van der Waals surface area contributed by atoms with Gasteiger partial charge >= 0.3 is 6.09 Å². The van der Waals surface area contributed by atoms with Gasteiger partial charge in [-0.25, -0.2) is 17.9 Å². The Bertz CT molecular complexity index is 1940. The highest BCUT2D eigenvalue weighted by Crippen LogP contribution is 2.47. The zero-order valence-corrected chi connectivity index (χ0v) is 30.1. The van der Waals surface area contributed by atoms with Crippen molar-refractivity contribution in [2.24, 2.45) is 17.8 Å². The number of amides is 4. The second kappa shape index (κ2) is 13.6. The van der Waals surface area contributed by atoms with E-state index in [9.17, 15) is 37.5 Å². The molecule has 16 heteroatoms. The van der Waals surface area contributed by atoms with E-state index in [1.54, 1.807) is 45.0 Å². The number of ether oxygens (including phenoxy) is 1. The minimum absolute atomic E-state index is 0.0437. The number of allylic oxidation sites excluding steroid dienone is 1. The van der Waals surface area contributed by atoms with Crippen LogP contribution in [0.2, 0.25) is 0 Å². The number of carboxylic acid groups (broad SMARTS) is 1. The highest BCUT2D eigenvalue weighted by Gasteiger charge is 2.63. The number of carbonyl (C=O) groups is 4. The molecule has 15 nitrogen and oxygen atoms in total. The Kier molecular flexibility index (Phi) is 9.67. The van der Waals surface area contributed by atoms with Gasteiger partial charge in [0.05, 0.1) is 22.1 Å². The third-order valence-corrected chi connectivity index (χ3v) is 13.1. The van der Waals surface area contributed by atoms with Gasteiger partial charge in [-0.15, -0.1) is 5.10 Å². The van der Waals surface area contributed by atoms with Gasteiger partial charge in [0, 0.05) is 18.9 Å². The number of fused-ring (bicyclic) bond motifs is 3. The van der Waals surface area contributed by atoms with Gasteiger partial charge in [-0.2, -0.15) is 0 Å². The smallest absolute Gasteiger partial charge is 0.405 e. The van der Waals surface area contributed by atoms with Crippen LogP contribution in [0.4, 0.5) is 4.79 Å². The fourth-order valence-electron chi connectivity index (χ4n) is 7.39. The van der Waals surface area contributed by atoms with Crippen LogP contribution in [0, 0.1) is 17.8 Å². The van der Waals surface area contributed by atoms with E-state index in [0.717, 1.165) is 6.42 Å². The van der Waals surface area contributed by atoms with Gasteiger partial charge in [0.2, 0.25) is 27.7 Å². The van der Waals surface area contributed by atoms with Crippen molar-refractivity contribution in [1.82, 2.24) is 30.0 Å². The van der Waals surface area contributed by atoms with Crippen LogP contribution in [0.15, 0.2) is 41.2 Å². The van der Waals surface area contributed by atoms with Crippen molar-refractivity contribution >= 4 is 44.6 Å². The molecule has 2 saturated carbocycles. The predicted molar refractivity (Wildman–Crippen MR) is 186 cm³/mol. The molecule has 0 radical (unpaired) electrons. The van der Waals surface area contributed by atoms with Crippen LogP contribution >= 0.6 is 0 Å². The molecule has 0 unspecified atom stereocenters. The topological polar surface area (TPSA) is 206 Å². The first-order valence-electron chi connectivity index (χ1n) is 17.6. The average molecular weight is 727 g/mol. The Labute approximate surface area is 296 Å². The monoisotopic (exact) mass is 726 g/mol. The lowest BCUT2D eigenvalue weighted by Crippen LogP contribution is -2.59. The van der Waals surface area contributed by atoms with E-state index in [2.05, 4.69) is 20.5 Å². The van der Waals surface area contributed by atoms with E-state index in [4.69, 9.17) is 4.74 Å². The number of nitrogens with zero attached hydrogens (tertiary/aromatic N) is 3. The fourth-order valence-corrected chi connectivity index (χ4v) is 8.71. The van der Waals surface area contributed by atoms with Crippen molar-refractivity contribution in [2.75, 3.05) is 6.54 Å². The van der Waals surface area contributed by atoms with Crippen LogP contribution in [0.25, 0.3) is 10.8 Å². The summed E-state index contributed by atoms with van der Waals surface area (Å²) in [5.74, 6) is -2.82. The molecule has 1 saturated heterocycles. The van der Waals surface area contributed by atoms with Gasteiger partial charge in [0.1, 0.15) is 23.7 Å². The molecule has 6 rings (SSSR count). The molecular weight excluding hydrogens is 680 g/mol. The maximum Gasteiger partial charge on any atom is 0.405 e. The minimum Gasteiger partial charge on any atom is -0.471 e. The zero-order valence-electron chi connectivity index (χ0n) is 29.3. The molecule has 4 amide bonds. The van der Waals surface area contributed by atoms with Gasteiger partial charge in [-0.1, -0.05) is 38.1 Å². The molecule has 4 aliphatic rings. The van der Waals surface area contributed by atoms with Crippen LogP contribution in [-0.2, 0) is 31.0 Å². The van der Waals surface area contributed by atoms with Gasteiger partial charge in [-0.3, -0.25) is 23.9 Å². The molecule has 1 aromatic heterocycles. The highest BCUT2D eigenvalue weighted by atomic mass is 32.2. The molecule has 51 heavy (non-hydrogen) atoms. The van der Waals surface area contributed by atoms with Gasteiger partial charge in [0.25, 0.3) is 11.5 Å². The number of hydrogen-bond donors (Lipinski definition) is 4. The van der Waals surface area contributed by atoms with Crippen molar-refractivity contribution in [3.05, 3.63) is 46.8 Å². The molecule has 2 aliphatic heterocycles. The second-order valence-electron chi connectivity index (χ2n) is 14.9. The maximum atomic E-state index is 14.4. The second-order valence-corrected chi connectivity index (χ2v) is 17.1. The van der Waals surface area contributed by atoms with Crippen LogP contribution in [0.3, 0.4) is 0 Å². The van der Waals surface area contributed by atoms with Crippen LogP contribution in [0.1, 0.15) is 72.6 Å². The van der Waals surface area contributed by atoms with Gasteiger partial charge < -0.3 is 25.4 Å². The number of aryl methyl sites for hydroxylation is 1. The van der Waals surface area contributed by atoms with E-state index in [1.807, 2.05) is 19.1 Å². The summed E-state index contributed by atoms with van der Waals surface area (Å²) in [5.41, 5.74) is -1.86.